The smallest absolute Gasteiger partial charge is 0.00960 e. The van der Waals surface area contributed by atoms with Crippen molar-refractivity contribution in [3.8, 4) is 0 Å². The maximum atomic E-state index is 3.21. The van der Waals surface area contributed by atoms with E-state index in [-0.39, 0.29) is 0 Å². The number of hydrogen-bond donors (Lipinski definition) is 1. The fourth-order valence-corrected chi connectivity index (χ4v) is 2.15. The molecule has 0 amide bonds. The molecule has 2 nitrogen and oxygen atoms in total. The van der Waals surface area contributed by atoms with Gasteiger partial charge in [-0.3, -0.25) is 0 Å². The van der Waals surface area contributed by atoms with E-state index < -0.39 is 0 Å². The average molecular weight is 170 g/mol. The summed E-state index contributed by atoms with van der Waals surface area (Å²) in [6.07, 6.45) is 5.56. The zero-order valence-corrected chi connectivity index (χ0v) is 8.47. The van der Waals surface area contributed by atoms with Crippen LogP contribution in [0.25, 0.3) is 0 Å². The molecule has 0 saturated carbocycles. The molecule has 12 heavy (non-hydrogen) atoms. The normalized spacial score (nSPS) is 25.0. The van der Waals surface area contributed by atoms with Crippen LogP contribution >= 0.6 is 0 Å². The van der Waals surface area contributed by atoms with Crippen molar-refractivity contribution in [1.82, 2.24) is 10.2 Å². The predicted octanol–water partition coefficient (Wildman–Crippen LogP) is 1.47. The Labute approximate surface area is 76.3 Å². The molecule has 0 aromatic carbocycles. The van der Waals surface area contributed by atoms with Gasteiger partial charge in [-0.05, 0) is 52.4 Å². The van der Waals surface area contributed by atoms with E-state index in [0.29, 0.717) is 0 Å². The molecular weight excluding hydrogens is 148 g/mol. The van der Waals surface area contributed by atoms with Gasteiger partial charge in [-0.25, -0.2) is 0 Å². The largest absolute Gasteiger partial charge is 0.320 e. The van der Waals surface area contributed by atoms with Gasteiger partial charge < -0.3 is 10.2 Å². The van der Waals surface area contributed by atoms with Crippen LogP contribution in [0, 0.1) is 0 Å². The Morgan fingerprint density at radius 1 is 1.50 bits per heavy atom. The lowest BCUT2D eigenvalue weighted by Crippen LogP contribution is -2.29. The quantitative estimate of drug-likeness (QED) is 0.629. The van der Waals surface area contributed by atoms with E-state index in [1.54, 1.807) is 0 Å². The van der Waals surface area contributed by atoms with Crippen molar-refractivity contribution < 1.29 is 0 Å². The van der Waals surface area contributed by atoms with Crippen molar-refractivity contribution in [2.75, 3.05) is 26.7 Å². The van der Waals surface area contributed by atoms with Crippen molar-refractivity contribution in [3.05, 3.63) is 0 Å². The molecule has 0 unspecified atom stereocenters. The first-order chi connectivity index (χ1) is 5.88. The van der Waals surface area contributed by atoms with Crippen molar-refractivity contribution in [2.24, 2.45) is 0 Å². The number of nitrogens with zero attached hydrogens (tertiary/aromatic N) is 1. The van der Waals surface area contributed by atoms with E-state index in [1.165, 1.54) is 45.3 Å². The third-order valence-electron chi connectivity index (χ3n) is 2.87. The monoisotopic (exact) mass is 170 g/mol. The van der Waals surface area contributed by atoms with Crippen molar-refractivity contribution in [2.45, 2.75) is 38.6 Å². The van der Waals surface area contributed by atoms with Gasteiger partial charge in [0, 0.05) is 6.04 Å². The zero-order chi connectivity index (χ0) is 8.81. The van der Waals surface area contributed by atoms with Crippen LogP contribution in [0.1, 0.15) is 32.6 Å². The number of nitrogens with one attached hydrogen (secondary N) is 1. The molecule has 0 aliphatic carbocycles. The molecule has 1 N–H and O–H groups in total. The zero-order valence-electron chi connectivity index (χ0n) is 8.47. The molecular formula is C10H22N2. The van der Waals surface area contributed by atoms with Crippen molar-refractivity contribution in [3.63, 3.8) is 0 Å². The van der Waals surface area contributed by atoms with E-state index in [0.717, 1.165) is 6.04 Å². The molecule has 72 valence electrons. The fourth-order valence-electron chi connectivity index (χ4n) is 2.15. The van der Waals surface area contributed by atoms with Crippen LogP contribution in [-0.2, 0) is 0 Å². The number of rotatable bonds is 5. The Morgan fingerprint density at radius 2 is 2.33 bits per heavy atom. The maximum absolute atomic E-state index is 3.21. The van der Waals surface area contributed by atoms with Crippen LogP contribution in [0.5, 0.6) is 0 Å². The predicted molar refractivity (Wildman–Crippen MR) is 53.4 cm³/mol. The van der Waals surface area contributed by atoms with Crippen LogP contribution < -0.4 is 5.32 Å². The van der Waals surface area contributed by atoms with Crippen LogP contribution in [0.15, 0.2) is 0 Å². The molecule has 1 heterocycles. The first kappa shape index (κ1) is 10.0. The van der Waals surface area contributed by atoms with Crippen molar-refractivity contribution in [1.29, 1.82) is 0 Å². The lowest BCUT2D eigenvalue weighted by Gasteiger charge is -2.22. The maximum Gasteiger partial charge on any atom is 0.00960 e. The summed E-state index contributed by atoms with van der Waals surface area (Å²) >= 11 is 0. The summed E-state index contributed by atoms with van der Waals surface area (Å²) in [5, 5.41) is 3.21. The summed E-state index contributed by atoms with van der Waals surface area (Å²) in [5.41, 5.74) is 0. The Kier molecular flexibility index (Phi) is 4.62. The minimum atomic E-state index is 0.892. The molecule has 1 fully saturated rings. The highest BCUT2D eigenvalue weighted by atomic mass is 15.2. The molecule has 0 aromatic rings. The minimum absolute atomic E-state index is 0.892. The lowest BCUT2D eigenvalue weighted by atomic mass is 10.1. The molecule has 0 spiro atoms. The third-order valence-corrected chi connectivity index (χ3v) is 2.87. The summed E-state index contributed by atoms with van der Waals surface area (Å²) < 4.78 is 0. The topological polar surface area (TPSA) is 15.3 Å². The van der Waals surface area contributed by atoms with Gasteiger partial charge in [-0.1, -0.05) is 6.92 Å². The summed E-state index contributed by atoms with van der Waals surface area (Å²) in [5.74, 6) is 0. The summed E-state index contributed by atoms with van der Waals surface area (Å²) in [6.45, 7) is 6.02. The molecule has 1 aliphatic rings. The van der Waals surface area contributed by atoms with Gasteiger partial charge >= 0.3 is 0 Å². The first-order valence-corrected chi connectivity index (χ1v) is 5.27. The second-order valence-corrected chi connectivity index (χ2v) is 3.67. The number of hydrogen-bond acceptors (Lipinski definition) is 2. The molecule has 0 bridgehead atoms. The molecule has 1 aliphatic heterocycles. The third kappa shape index (κ3) is 2.76. The molecule has 2 heteroatoms. The first-order valence-electron chi connectivity index (χ1n) is 5.27. The Balaban J connectivity index is 2.12. The Bertz CT molecular complexity index is 114. The number of likely N-dealkylation sites (tertiary alicyclic amines) is 1. The molecule has 1 saturated heterocycles. The van der Waals surface area contributed by atoms with Crippen LogP contribution in [0.4, 0.5) is 0 Å². The average Bonchev–Trinajstić information content (AvgIpc) is 2.52. The highest BCUT2D eigenvalue weighted by Crippen LogP contribution is 2.20. The second-order valence-electron chi connectivity index (χ2n) is 3.67. The second kappa shape index (κ2) is 5.55. The van der Waals surface area contributed by atoms with Gasteiger partial charge in [0.2, 0.25) is 0 Å². The lowest BCUT2D eigenvalue weighted by molar-refractivity contribution is 0.252. The minimum Gasteiger partial charge on any atom is -0.320 e. The summed E-state index contributed by atoms with van der Waals surface area (Å²) in [6, 6.07) is 0.892. The van der Waals surface area contributed by atoms with Crippen molar-refractivity contribution >= 4 is 0 Å². The van der Waals surface area contributed by atoms with Gasteiger partial charge in [0.15, 0.2) is 0 Å². The highest BCUT2D eigenvalue weighted by Gasteiger charge is 2.21. The molecule has 0 radical (unpaired) electrons. The fraction of sp³-hybridized carbons (Fsp3) is 1.00. The highest BCUT2D eigenvalue weighted by molar-refractivity contribution is 4.77. The van der Waals surface area contributed by atoms with Gasteiger partial charge in [-0.15, -0.1) is 0 Å². The van der Waals surface area contributed by atoms with Crippen LogP contribution in [-0.4, -0.2) is 37.6 Å². The van der Waals surface area contributed by atoms with E-state index in [9.17, 15) is 0 Å². The van der Waals surface area contributed by atoms with E-state index in [2.05, 4.69) is 17.1 Å². The standard InChI is InChI=1S/C10H22N2/c1-3-12-9-5-7-10(12)6-4-8-11-2/h10-11H,3-9H2,1-2H3/t10-/m0/s1. The molecule has 0 aromatic heterocycles. The molecule has 1 rings (SSSR count). The van der Waals surface area contributed by atoms with E-state index >= 15 is 0 Å². The summed E-state index contributed by atoms with van der Waals surface area (Å²) in [7, 11) is 2.03. The Morgan fingerprint density at radius 3 is 3.00 bits per heavy atom. The van der Waals surface area contributed by atoms with E-state index in [4.69, 9.17) is 0 Å². The summed E-state index contributed by atoms with van der Waals surface area (Å²) in [4.78, 5) is 2.62. The van der Waals surface area contributed by atoms with Gasteiger partial charge in [0.05, 0.1) is 0 Å². The van der Waals surface area contributed by atoms with Gasteiger partial charge in [0.25, 0.3) is 0 Å². The van der Waals surface area contributed by atoms with Gasteiger partial charge in [-0.2, -0.15) is 0 Å². The van der Waals surface area contributed by atoms with Crippen LogP contribution in [0.3, 0.4) is 0 Å². The SMILES string of the molecule is CCN1CCC[C@@H]1CCCNC. The van der Waals surface area contributed by atoms with Crippen LogP contribution in [0.2, 0.25) is 0 Å². The van der Waals surface area contributed by atoms with Gasteiger partial charge in [0.1, 0.15) is 0 Å². The van der Waals surface area contributed by atoms with E-state index in [1.807, 2.05) is 7.05 Å². The molecule has 1 atom stereocenters. The Hall–Kier alpha value is -0.0800.